The van der Waals surface area contributed by atoms with Crippen LogP contribution in [0.15, 0.2) is 0 Å². The molecule has 0 amide bonds. The van der Waals surface area contributed by atoms with Gasteiger partial charge in [-0.05, 0) is 6.42 Å². The Bertz CT molecular complexity index is 666. The second kappa shape index (κ2) is 24.0. The maximum absolute atomic E-state index is 9.83. The van der Waals surface area contributed by atoms with Crippen LogP contribution in [0.3, 0.4) is 0 Å². The largest absolute Gasteiger partial charge is 0.376 e. The smallest absolute Gasteiger partial charge is 0.235 e. The SMILES string of the molecule is CCCCCCCCCCCCCCCCCCOCN(CO)c1nc(N(CO)CO)nc(N(CO)CO)n1. The summed E-state index contributed by atoms with van der Waals surface area (Å²) in [5.41, 5.74) is 0. The molecule has 1 aromatic rings. The molecule has 0 saturated heterocycles. The van der Waals surface area contributed by atoms with Crippen molar-refractivity contribution in [2.24, 2.45) is 0 Å². The molecule has 1 rings (SSSR count). The summed E-state index contributed by atoms with van der Waals surface area (Å²) in [5, 5.41) is 47.6. The van der Waals surface area contributed by atoms with Crippen molar-refractivity contribution in [3.63, 3.8) is 0 Å². The van der Waals surface area contributed by atoms with Gasteiger partial charge < -0.3 is 30.3 Å². The van der Waals surface area contributed by atoms with Crippen molar-refractivity contribution < 1.29 is 30.3 Å². The summed E-state index contributed by atoms with van der Waals surface area (Å²) in [6.07, 6.45) is 20.8. The van der Waals surface area contributed by atoms with E-state index in [1.54, 1.807) is 0 Å². The summed E-state index contributed by atoms with van der Waals surface area (Å²) in [6, 6.07) is 0. The molecule has 0 radical (unpaired) electrons. The van der Waals surface area contributed by atoms with Gasteiger partial charge in [-0.1, -0.05) is 103 Å². The van der Waals surface area contributed by atoms with Gasteiger partial charge in [-0.2, -0.15) is 15.0 Å². The molecule has 12 nitrogen and oxygen atoms in total. The summed E-state index contributed by atoms with van der Waals surface area (Å²) in [7, 11) is 0. The first kappa shape index (κ1) is 35.2. The van der Waals surface area contributed by atoms with Gasteiger partial charge in [0, 0.05) is 6.61 Å². The Morgan fingerprint density at radius 1 is 0.462 bits per heavy atom. The molecule has 0 bridgehead atoms. The molecule has 1 aromatic heterocycles. The highest BCUT2D eigenvalue weighted by Gasteiger charge is 2.19. The van der Waals surface area contributed by atoms with E-state index in [0.717, 1.165) is 22.6 Å². The number of hydrogen-bond acceptors (Lipinski definition) is 12. The van der Waals surface area contributed by atoms with Crippen LogP contribution >= 0.6 is 0 Å². The minimum Gasteiger partial charge on any atom is -0.376 e. The van der Waals surface area contributed by atoms with Gasteiger partial charge in [-0.3, -0.25) is 14.7 Å². The zero-order chi connectivity index (χ0) is 28.6. The molecule has 1 heterocycles. The number of aromatic nitrogens is 3. The Morgan fingerprint density at radius 3 is 1.10 bits per heavy atom. The molecule has 0 atom stereocenters. The van der Waals surface area contributed by atoms with Crippen LogP contribution in [0, 0.1) is 0 Å². The fourth-order valence-electron chi connectivity index (χ4n) is 4.20. The van der Waals surface area contributed by atoms with Gasteiger partial charge in [0.15, 0.2) is 0 Å². The highest BCUT2D eigenvalue weighted by atomic mass is 16.5. The predicted octanol–water partition coefficient (Wildman–Crippen LogP) is 3.28. The lowest BCUT2D eigenvalue weighted by molar-refractivity contribution is 0.113. The zero-order valence-electron chi connectivity index (χ0n) is 24.1. The van der Waals surface area contributed by atoms with Crippen molar-refractivity contribution in [1.82, 2.24) is 15.0 Å². The first-order valence-corrected chi connectivity index (χ1v) is 14.8. The molecule has 0 aliphatic heterocycles. The van der Waals surface area contributed by atoms with E-state index in [0.29, 0.717) is 6.61 Å². The molecule has 39 heavy (non-hydrogen) atoms. The Morgan fingerprint density at radius 2 is 0.769 bits per heavy atom. The third-order valence-electron chi connectivity index (χ3n) is 6.69. The first-order chi connectivity index (χ1) is 19.1. The number of aliphatic hydroxyl groups excluding tert-OH is 5. The topological polar surface area (TPSA) is 159 Å². The summed E-state index contributed by atoms with van der Waals surface area (Å²) in [4.78, 5) is 15.9. The van der Waals surface area contributed by atoms with Crippen LogP contribution in [0.1, 0.15) is 110 Å². The molecular weight excluding hydrogens is 504 g/mol. The number of anilines is 3. The third kappa shape index (κ3) is 15.5. The second-order valence-electron chi connectivity index (χ2n) is 9.90. The normalized spacial score (nSPS) is 11.2. The maximum Gasteiger partial charge on any atom is 0.235 e. The van der Waals surface area contributed by atoms with E-state index in [4.69, 9.17) is 4.74 Å². The average molecular weight is 559 g/mol. The predicted molar refractivity (Wildman–Crippen MR) is 153 cm³/mol. The number of ether oxygens (including phenoxy) is 1. The Balaban J connectivity index is 2.24. The summed E-state index contributed by atoms with van der Waals surface area (Å²) >= 11 is 0. The van der Waals surface area contributed by atoms with Gasteiger partial charge in [0.1, 0.15) is 40.4 Å². The number of hydrogen-bond donors (Lipinski definition) is 5. The Kier molecular flexibility index (Phi) is 21.7. The molecule has 0 aliphatic carbocycles. The molecule has 0 fully saturated rings. The minimum atomic E-state index is -0.563. The lowest BCUT2D eigenvalue weighted by atomic mass is 10.0. The molecular formula is C27H54N6O6. The van der Waals surface area contributed by atoms with Crippen LogP contribution in [0.2, 0.25) is 0 Å². The fourth-order valence-corrected chi connectivity index (χ4v) is 4.20. The van der Waals surface area contributed by atoms with E-state index in [1.165, 1.54) is 94.8 Å². The van der Waals surface area contributed by atoms with E-state index in [9.17, 15) is 25.5 Å². The van der Waals surface area contributed by atoms with Gasteiger partial charge in [0.25, 0.3) is 0 Å². The van der Waals surface area contributed by atoms with Crippen LogP contribution < -0.4 is 14.7 Å². The van der Waals surface area contributed by atoms with Crippen molar-refractivity contribution in [2.75, 3.05) is 61.7 Å². The number of nitrogens with zero attached hydrogens (tertiary/aromatic N) is 6. The molecule has 5 N–H and O–H groups in total. The second-order valence-corrected chi connectivity index (χ2v) is 9.90. The minimum absolute atomic E-state index is 0.0169. The highest BCUT2D eigenvalue weighted by Crippen LogP contribution is 2.19. The molecule has 0 aliphatic rings. The van der Waals surface area contributed by atoms with Crippen LogP contribution in [0.4, 0.5) is 17.8 Å². The van der Waals surface area contributed by atoms with E-state index >= 15 is 0 Å². The van der Waals surface area contributed by atoms with Crippen molar-refractivity contribution in [1.29, 1.82) is 0 Å². The molecule has 12 heteroatoms. The zero-order valence-corrected chi connectivity index (χ0v) is 24.1. The van der Waals surface area contributed by atoms with Crippen LogP contribution in [0.25, 0.3) is 0 Å². The van der Waals surface area contributed by atoms with Crippen molar-refractivity contribution >= 4 is 17.8 Å². The number of unbranched alkanes of at least 4 members (excludes halogenated alkanes) is 15. The molecule has 0 aromatic carbocycles. The van der Waals surface area contributed by atoms with E-state index < -0.39 is 33.7 Å². The van der Waals surface area contributed by atoms with E-state index in [1.807, 2.05) is 0 Å². The maximum atomic E-state index is 9.83. The lowest BCUT2D eigenvalue weighted by Gasteiger charge is -2.25. The molecule has 228 valence electrons. The van der Waals surface area contributed by atoms with Gasteiger partial charge >= 0.3 is 0 Å². The average Bonchev–Trinajstić information content (AvgIpc) is 2.95. The Labute approximate surface area is 234 Å². The van der Waals surface area contributed by atoms with Crippen LogP contribution in [-0.4, -0.2) is 87.5 Å². The van der Waals surface area contributed by atoms with Crippen molar-refractivity contribution in [2.45, 2.75) is 110 Å². The number of rotatable bonds is 27. The monoisotopic (exact) mass is 558 g/mol. The molecule has 0 saturated carbocycles. The van der Waals surface area contributed by atoms with Gasteiger partial charge in [-0.15, -0.1) is 0 Å². The quantitative estimate of drug-likeness (QED) is 0.0793. The summed E-state index contributed by atoms with van der Waals surface area (Å²) in [6.45, 7) is 0.114. The van der Waals surface area contributed by atoms with Crippen molar-refractivity contribution in [3.05, 3.63) is 0 Å². The first-order valence-electron chi connectivity index (χ1n) is 14.8. The van der Waals surface area contributed by atoms with Gasteiger partial charge in [0.2, 0.25) is 17.8 Å². The lowest BCUT2D eigenvalue weighted by Crippen LogP contribution is -2.34. The fraction of sp³-hybridized carbons (Fsp3) is 0.889. The van der Waals surface area contributed by atoms with Crippen LogP contribution in [0.5, 0.6) is 0 Å². The van der Waals surface area contributed by atoms with Crippen molar-refractivity contribution in [3.8, 4) is 0 Å². The molecule has 0 unspecified atom stereocenters. The third-order valence-corrected chi connectivity index (χ3v) is 6.69. The Hall–Kier alpha value is -1.83. The van der Waals surface area contributed by atoms with Gasteiger partial charge in [0.05, 0.1) is 0 Å². The highest BCUT2D eigenvalue weighted by molar-refractivity contribution is 5.45. The number of aliphatic hydroxyl groups is 5. The van der Waals surface area contributed by atoms with E-state index in [2.05, 4.69) is 21.9 Å². The summed E-state index contributed by atoms with van der Waals surface area (Å²) < 4.78 is 5.71. The van der Waals surface area contributed by atoms with Gasteiger partial charge in [-0.25, -0.2) is 0 Å². The van der Waals surface area contributed by atoms with E-state index in [-0.39, 0.29) is 24.6 Å². The standard InChI is InChI=1S/C27H54N6O6/c1-2-3-4-5-6-7-8-9-10-11-12-13-14-15-16-17-18-39-24-33(23-38)27-29-25(31(19-34)20-35)28-26(30-27)32(21-36)22-37/h34-38H,2-24H2,1H3. The molecule has 0 spiro atoms. The van der Waals surface area contributed by atoms with Crippen LogP contribution in [-0.2, 0) is 4.74 Å². The summed E-state index contributed by atoms with van der Waals surface area (Å²) in [5.74, 6) is -0.144.